The molecule has 2 heterocycles. The van der Waals surface area contributed by atoms with Crippen LogP contribution in [0.5, 0.6) is 0 Å². The minimum Gasteiger partial charge on any atom is -0.650 e. The Bertz CT molecular complexity index is 564. The summed E-state index contributed by atoms with van der Waals surface area (Å²) >= 11 is 0. The standard InChI is InChI=1S/C6H19N3OP.C6H10NO2.C6H7NO2.H2O2.Ti/c1-7(2)11(10,8(3)4)9(5)6;2*8-6(9)5-3-1-2-4-7-5;1-2;/h10H,1-6H3;5H,1-4H2,(H,8,9);1-3,7H,4H2,(H,8,9);1-2H;/q+1;-1;;;+2/p-1. The molecule has 2 aliphatic heterocycles. The number of hydrogen-bond donors (Lipinski definition) is 5. The third-order valence-electron chi connectivity index (χ3n) is 4.16. The van der Waals surface area contributed by atoms with Crippen molar-refractivity contribution in [2.24, 2.45) is 0 Å². The van der Waals surface area contributed by atoms with E-state index in [0.717, 1.165) is 25.8 Å². The van der Waals surface area contributed by atoms with E-state index in [-0.39, 0.29) is 27.4 Å². The Hall–Kier alpha value is -0.916. The van der Waals surface area contributed by atoms with Gasteiger partial charge in [-0.2, -0.15) is 4.89 Å². The monoisotopic (exact) mass is 514 g/mol. The number of rotatable bonds is 5. The van der Waals surface area contributed by atoms with Gasteiger partial charge in [0.2, 0.25) is 0 Å². The first kappa shape index (κ1) is 35.7. The molecule has 0 amide bonds. The van der Waals surface area contributed by atoms with Crippen molar-refractivity contribution in [2.45, 2.75) is 25.3 Å². The van der Waals surface area contributed by atoms with E-state index in [4.69, 9.17) is 15.6 Å². The smallest absolute Gasteiger partial charge is 0.650 e. The summed E-state index contributed by atoms with van der Waals surface area (Å²) in [6.45, 7) is 1.30. The zero-order valence-corrected chi connectivity index (χ0v) is 22.1. The number of carboxylic acids is 2. The molecule has 0 aromatic carbocycles. The van der Waals surface area contributed by atoms with Crippen molar-refractivity contribution in [1.29, 1.82) is 0 Å². The van der Waals surface area contributed by atoms with Gasteiger partial charge < -0.3 is 25.6 Å². The first-order valence-electron chi connectivity index (χ1n) is 9.51. The maximum atomic E-state index is 10.3. The van der Waals surface area contributed by atoms with Crippen molar-refractivity contribution in [3.05, 3.63) is 29.2 Å². The molecular formula is C18H37N5O7PTi+. The van der Waals surface area contributed by atoms with Gasteiger partial charge in [0, 0.05) is 48.8 Å². The maximum Gasteiger partial charge on any atom is 2.00 e. The molecule has 0 bridgehead atoms. The van der Waals surface area contributed by atoms with Crippen LogP contribution in [0.2, 0.25) is 0 Å². The largest absolute Gasteiger partial charge is 2.00 e. The van der Waals surface area contributed by atoms with Gasteiger partial charge in [-0.25, -0.2) is 0 Å². The molecule has 184 valence electrons. The summed E-state index contributed by atoms with van der Waals surface area (Å²) < 4.78 is 5.56. The average Bonchev–Trinajstić information content (AvgIpc) is 2.76. The number of allylic oxidation sites excluding steroid dienone is 2. The Labute approximate surface area is 206 Å². The molecular weight excluding hydrogens is 477 g/mol. The number of piperidine rings is 1. The third-order valence-corrected chi connectivity index (χ3v) is 7.38. The number of aliphatic carboxylic acids is 2. The van der Waals surface area contributed by atoms with Gasteiger partial charge in [0.15, 0.2) is 0 Å². The van der Waals surface area contributed by atoms with E-state index in [1.54, 1.807) is 6.08 Å². The second-order valence-corrected chi connectivity index (χ2v) is 10.5. The van der Waals surface area contributed by atoms with E-state index in [2.05, 4.69) is 10.6 Å². The van der Waals surface area contributed by atoms with E-state index >= 15 is 0 Å². The summed E-state index contributed by atoms with van der Waals surface area (Å²) in [6, 6.07) is -0.404. The molecule has 0 saturated carbocycles. The van der Waals surface area contributed by atoms with Gasteiger partial charge in [0.05, 0.1) is 11.7 Å². The summed E-state index contributed by atoms with van der Waals surface area (Å²) in [5, 5.41) is 37.1. The summed E-state index contributed by atoms with van der Waals surface area (Å²) in [4.78, 5) is 30.5. The topological polar surface area (TPSA) is 174 Å². The summed E-state index contributed by atoms with van der Waals surface area (Å²) in [5.41, 5.74) is 0.150. The van der Waals surface area contributed by atoms with Crippen LogP contribution >= 0.6 is 7.94 Å². The number of carbonyl (C=O) groups is 2. The molecule has 12 nitrogen and oxygen atoms in total. The van der Waals surface area contributed by atoms with Gasteiger partial charge in [-0.3, -0.25) is 15.3 Å². The van der Waals surface area contributed by atoms with E-state index in [1.807, 2.05) is 62.4 Å². The molecule has 0 aromatic heterocycles. The Kier molecular flexibility index (Phi) is 21.8. The maximum absolute atomic E-state index is 10.3. The molecule has 32 heavy (non-hydrogen) atoms. The van der Waals surface area contributed by atoms with Crippen LogP contribution in [-0.4, -0.2) is 108 Å². The van der Waals surface area contributed by atoms with Crippen LogP contribution in [0.4, 0.5) is 0 Å². The fourth-order valence-electron chi connectivity index (χ4n) is 2.66. The van der Waals surface area contributed by atoms with Gasteiger partial charge in [-0.05, 0) is 12.1 Å². The van der Waals surface area contributed by atoms with Crippen molar-refractivity contribution in [3.8, 4) is 0 Å². The van der Waals surface area contributed by atoms with Gasteiger partial charge >= 0.3 is 29.7 Å². The molecule has 1 unspecified atom stereocenters. The van der Waals surface area contributed by atoms with Crippen molar-refractivity contribution in [2.75, 3.05) is 55.4 Å². The summed E-state index contributed by atoms with van der Waals surface area (Å²) in [7, 11) is 9.11. The first-order chi connectivity index (χ1) is 14.4. The predicted octanol–water partition coefficient (Wildman–Crippen LogP) is 0.133. The molecule has 14 heteroatoms. The Morgan fingerprint density at radius 1 is 1.09 bits per heavy atom. The SMILES string of the molecule is CN(C)[P+](O)(N(C)C)N(C)C.O=C(O)C1CCCC[N-]1.O=C([O-])C1=CC=CCN1.OO.[Ti+2]. The molecule has 1 atom stereocenters. The minimum absolute atomic E-state index is 0. The van der Waals surface area contributed by atoms with Crippen LogP contribution < -0.4 is 10.4 Å². The molecule has 0 aromatic rings. The van der Waals surface area contributed by atoms with Crippen LogP contribution in [-0.2, 0) is 31.3 Å². The average molecular weight is 514 g/mol. The molecule has 0 radical (unpaired) electrons. The van der Waals surface area contributed by atoms with E-state index < -0.39 is 25.9 Å². The molecule has 1 saturated heterocycles. The van der Waals surface area contributed by atoms with Crippen LogP contribution in [0, 0.1) is 0 Å². The Morgan fingerprint density at radius 3 is 1.78 bits per heavy atom. The molecule has 5 N–H and O–H groups in total. The molecule has 0 aliphatic carbocycles. The molecule has 0 spiro atoms. The van der Waals surface area contributed by atoms with Crippen LogP contribution in [0.15, 0.2) is 23.9 Å². The van der Waals surface area contributed by atoms with Gasteiger partial charge in [0.1, 0.15) is 0 Å². The van der Waals surface area contributed by atoms with E-state index in [9.17, 15) is 19.6 Å². The van der Waals surface area contributed by atoms with Gasteiger partial charge in [-0.15, -0.1) is 20.6 Å². The normalized spacial score (nSPS) is 17.2. The van der Waals surface area contributed by atoms with Crippen LogP contribution in [0.1, 0.15) is 19.3 Å². The molecule has 1 fully saturated rings. The quantitative estimate of drug-likeness (QED) is 0.146. The van der Waals surface area contributed by atoms with Crippen molar-refractivity contribution < 1.29 is 56.9 Å². The molecule has 2 rings (SSSR count). The number of nitrogens with one attached hydrogen (secondary N) is 1. The number of carboxylic acid groups (broad SMARTS) is 2. The fourth-order valence-corrected chi connectivity index (χ4v) is 4.81. The zero-order valence-electron chi connectivity index (χ0n) is 19.6. The van der Waals surface area contributed by atoms with Crippen molar-refractivity contribution in [1.82, 2.24) is 19.3 Å². The van der Waals surface area contributed by atoms with Crippen molar-refractivity contribution in [3.63, 3.8) is 0 Å². The Morgan fingerprint density at radius 2 is 1.59 bits per heavy atom. The van der Waals surface area contributed by atoms with Crippen molar-refractivity contribution >= 4 is 19.9 Å². The predicted molar refractivity (Wildman–Crippen MR) is 119 cm³/mol. The number of carbonyl (C=O) groups excluding carboxylic acids is 1. The van der Waals surface area contributed by atoms with E-state index in [1.165, 1.54) is 6.08 Å². The number of nitrogens with zero attached hydrogens (tertiary/aromatic N) is 4. The summed E-state index contributed by atoms with van der Waals surface area (Å²) in [5.74, 6) is -1.92. The summed E-state index contributed by atoms with van der Waals surface area (Å²) in [6.07, 6.45) is 7.78. The number of hydrogen-bond acceptors (Lipinski definition) is 10. The first-order valence-corrected chi connectivity index (χ1v) is 11.1. The second-order valence-electron chi connectivity index (χ2n) is 7.01. The van der Waals surface area contributed by atoms with Gasteiger partial charge in [-0.1, -0.05) is 31.4 Å². The zero-order chi connectivity index (χ0) is 24.6. The minimum atomic E-state index is -2.19. The molecule has 2 aliphatic rings. The Balaban J connectivity index is -0.000000375. The number of dihydropyridines is 1. The third kappa shape index (κ3) is 13.6. The van der Waals surface area contributed by atoms with Crippen LogP contribution in [0.3, 0.4) is 0 Å². The fraction of sp³-hybridized carbons (Fsp3) is 0.667. The van der Waals surface area contributed by atoms with E-state index in [0.29, 0.717) is 6.54 Å². The second kappa shape index (κ2) is 19.5. The van der Waals surface area contributed by atoms with Gasteiger partial charge in [0.25, 0.3) is 5.97 Å². The van der Waals surface area contributed by atoms with Crippen LogP contribution in [0.25, 0.3) is 5.32 Å².